The maximum absolute atomic E-state index is 12.2. The van der Waals surface area contributed by atoms with Gasteiger partial charge in [-0.25, -0.2) is 4.79 Å². The molecule has 0 spiro atoms. The van der Waals surface area contributed by atoms with Crippen molar-refractivity contribution in [2.24, 2.45) is 0 Å². The summed E-state index contributed by atoms with van der Waals surface area (Å²) in [6.45, 7) is 2.56. The lowest BCUT2D eigenvalue weighted by Crippen LogP contribution is -2.32. The zero-order chi connectivity index (χ0) is 19.8. The fourth-order valence-electron chi connectivity index (χ4n) is 2.88. The third kappa shape index (κ3) is 5.61. The highest BCUT2D eigenvalue weighted by Crippen LogP contribution is 2.18. The van der Waals surface area contributed by atoms with Crippen molar-refractivity contribution in [2.45, 2.75) is 26.0 Å². The van der Waals surface area contributed by atoms with E-state index in [4.69, 9.17) is 9.47 Å². The predicted molar refractivity (Wildman–Crippen MR) is 112 cm³/mol. The molecule has 1 N–H and O–H groups in total. The molecule has 0 unspecified atom stereocenters. The molecule has 0 aromatic heterocycles. The summed E-state index contributed by atoms with van der Waals surface area (Å²) in [5, 5.41) is 3.26. The van der Waals surface area contributed by atoms with Crippen LogP contribution in [-0.2, 0) is 22.6 Å². The van der Waals surface area contributed by atoms with Gasteiger partial charge < -0.3 is 14.8 Å². The van der Waals surface area contributed by atoms with Gasteiger partial charge in [0.2, 0.25) is 0 Å². The van der Waals surface area contributed by atoms with E-state index >= 15 is 0 Å². The lowest BCUT2D eigenvalue weighted by atomic mass is 10.1. The Balaban J connectivity index is 1.62. The van der Waals surface area contributed by atoms with Crippen molar-refractivity contribution in [1.82, 2.24) is 0 Å². The van der Waals surface area contributed by atoms with Crippen LogP contribution in [-0.4, -0.2) is 19.1 Å². The third-order valence-electron chi connectivity index (χ3n) is 4.49. The zero-order valence-corrected chi connectivity index (χ0v) is 16.2. The summed E-state index contributed by atoms with van der Waals surface area (Å²) in [7, 11) is 1.41. The minimum Gasteiger partial charge on any atom is -0.489 e. The van der Waals surface area contributed by atoms with Gasteiger partial charge in [0.1, 0.15) is 18.4 Å². The summed E-state index contributed by atoms with van der Waals surface area (Å²) in [6, 6.07) is 25.4. The van der Waals surface area contributed by atoms with Crippen LogP contribution in [0.4, 0.5) is 5.69 Å². The van der Waals surface area contributed by atoms with E-state index in [1.165, 1.54) is 12.7 Å². The van der Waals surface area contributed by atoms with Gasteiger partial charge in [0.25, 0.3) is 0 Å². The third-order valence-corrected chi connectivity index (χ3v) is 4.49. The van der Waals surface area contributed by atoms with Gasteiger partial charge in [-0.2, -0.15) is 0 Å². The Labute approximate surface area is 166 Å². The molecule has 0 aliphatic heterocycles. The first-order valence-corrected chi connectivity index (χ1v) is 9.31. The number of hydrogen-bond donors (Lipinski definition) is 1. The van der Waals surface area contributed by atoms with E-state index in [-0.39, 0.29) is 5.97 Å². The molecule has 0 radical (unpaired) electrons. The van der Waals surface area contributed by atoms with Gasteiger partial charge in [-0.15, -0.1) is 0 Å². The number of nitrogens with one attached hydrogen (secondary N) is 1. The fourth-order valence-corrected chi connectivity index (χ4v) is 2.88. The number of rotatable bonds is 8. The van der Waals surface area contributed by atoms with Crippen molar-refractivity contribution in [2.75, 3.05) is 12.4 Å². The number of anilines is 1. The standard InChI is InChI=1S/C24H25NO3/c1-18-8-12-21(13-9-18)25-23(24(26)27-2)16-19-10-14-22(15-11-19)28-17-20-6-4-3-5-7-20/h3-15,23,25H,16-17H2,1-2H3/t23-/m0/s1. The van der Waals surface area contributed by atoms with E-state index in [2.05, 4.69) is 5.32 Å². The van der Waals surface area contributed by atoms with E-state index < -0.39 is 6.04 Å². The van der Waals surface area contributed by atoms with E-state index in [1.807, 2.05) is 85.8 Å². The molecule has 0 aliphatic rings. The van der Waals surface area contributed by atoms with Crippen LogP contribution >= 0.6 is 0 Å². The Kier molecular flexibility index (Phi) is 6.68. The highest BCUT2D eigenvalue weighted by molar-refractivity contribution is 5.79. The van der Waals surface area contributed by atoms with Crippen LogP contribution in [0.3, 0.4) is 0 Å². The number of carbonyl (C=O) groups is 1. The Morgan fingerprint density at radius 2 is 1.57 bits per heavy atom. The average molecular weight is 375 g/mol. The van der Waals surface area contributed by atoms with Crippen LogP contribution in [0.5, 0.6) is 5.75 Å². The van der Waals surface area contributed by atoms with Crippen molar-refractivity contribution in [1.29, 1.82) is 0 Å². The number of carbonyl (C=O) groups excluding carboxylic acids is 1. The largest absolute Gasteiger partial charge is 0.489 e. The first-order chi connectivity index (χ1) is 13.6. The van der Waals surface area contributed by atoms with Crippen molar-refractivity contribution < 1.29 is 14.3 Å². The molecular weight excluding hydrogens is 350 g/mol. The zero-order valence-electron chi connectivity index (χ0n) is 16.2. The summed E-state index contributed by atoms with van der Waals surface area (Å²) >= 11 is 0. The highest BCUT2D eigenvalue weighted by atomic mass is 16.5. The van der Waals surface area contributed by atoms with Crippen molar-refractivity contribution >= 4 is 11.7 Å². The molecule has 144 valence electrons. The number of benzene rings is 3. The van der Waals surface area contributed by atoms with E-state index in [1.54, 1.807) is 0 Å². The van der Waals surface area contributed by atoms with Gasteiger partial charge in [0.05, 0.1) is 7.11 Å². The molecule has 0 aliphatic carbocycles. The first kappa shape index (κ1) is 19.5. The summed E-state index contributed by atoms with van der Waals surface area (Å²) in [5.74, 6) is 0.513. The van der Waals surface area contributed by atoms with Crippen LogP contribution in [0.2, 0.25) is 0 Å². The molecule has 0 heterocycles. The van der Waals surface area contributed by atoms with E-state index in [9.17, 15) is 4.79 Å². The summed E-state index contributed by atoms with van der Waals surface area (Å²) in [5.41, 5.74) is 4.22. The molecule has 0 amide bonds. The van der Waals surface area contributed by atoms with E-state index in [0.29, 0.717) is 13.0 Å². The Morgan fingerprint density at radius 1 is 0.893 bits per heavy atom. The second-order valence-electron chi connectivity index (χ2n) is 6.71. The summed E-state index contributed by atoms with van der Waals surface area (Å²) in [4.78, 5) is 12.2. The molecule has 3 rings (SSSR count). The normalized spacial score (nSPS) is 11.5. The maximum Gasteiger partial charge on any atom is 0.328 e. The van der Waals surface area contributed by atoms with Crippen molar-refractivity contribution in [3.8, 4) is 5.75 Å². The van der Waals surface area contributed by atoms with Gasteiger partial charge in [-0.05, 0) is 42.3 Å². The molecular formula is C24H25NO3. The predicted octanol–water partition coefficient (Wildman–Crippen LogP) is 4.77. The SMILES string of the molecule is COC(=O)[C@H](Cc1ccc(OCc2ccccc2)cc1)Nc1ccc(C)cc1. The quantitative estimate of drug-likeness (QED) is 0.576. The molecule has 3 aromatic rings. The van der Waals surface area contributed by atoms with Crippen LogP contribution in [0, 0.1) is 6.92 Å². The van der Waals surface area contributed by atoms with Gasteiger partial charge in [0.15, 0.2) is 0 Å². The van der Waals surface area contributed by atoms with Gasteiger partial charge in [-0.1, -0.05) is 60.2 Å². The van der Waals surface area contributed by atoms with Gasteiger partial charge >= 0.3 is 5.97 Å². The minimum absolute atomic E-state index is 0.287. The van der Waals surface area contributed by atoms with Crippen LogP contribution < -0.4 is 10.1 Å². The lowest BCUT2D eigenvalue weighted by molar-refractivity contribution is -0.141. The van der Waals surface area contributed by atoms with Gasteiger partial charge in [-0.3, -0.25) is 0 Å². The maximum atomic E-state index is 12.2. The molecule has 0 bridgehead atoms. The summed E-state index contributed by atoms with van der Waals surface area (Å²) in [6.07, 6.45) is 0.527. The molecule has 1 atom stereocenters. The number of hydrogen-bond acceptors (Lipinski definition) is 4. The highest BCUT2D eigenvalue weighted by Gasteiger charge is 2.19. The Bertz CT molecular complexity index is 874. The molecule has 0 saturated heterocycles. The van der Waals surface area contributed by atoms with Crippen LogP contribution in [0.1, 0.15) is 16.7 Å². The monoisotopic (exact) mass is 375 g/mol. The molecule has 3 aromatic carbocycles. The second-order valence-corrected chi connectivity index (χ2v) is 6.71. The van der Waals surface area contributed by atoms with E-state index in [0.717, 1.165) is 22.6 Å². The lowest BCUT2D eigenvalue weighted by Gasteiger charge is -2.18. The molecule has 28 heavy (non-hydrogen) atoms. The van der Waals surface area contributed by atoms with Crippen molar-refractivity contribution in [3.05, 3.63) is 95.6 Å². The average Bonchev–Trinajstić information content (AvgIpc) is 2.74. The Hall–Kier alpha value is -3.27. The minimum atomic E-state index is -0.455. The van der Waals surface area contributed by atoms with Crippen LogP contribution in [0.15, 0.2) is 78.9 Å². The Morgan fingerprint density at radius 3 is 2.21 bits per heavy atom. The molecule has 4 heteroatoms. The molecule has 4 nitrogen and oxygen atoms in total. The van der Waals surface area contributed by atoms with Crippen molar-refractivity contribution in [3.63, 3.8) is 0 Å². The number of esters is 1. The number of ether oxygens (including phenoxy) is 2. The van der Waals surface area contributed by atoms with Gasteiger partial charge in [0, 0.05) is 12.1 Å². The number of methoxy groups -OCH3 is 1. The van der Waals surface area contributed by atoms with Crippen LogP contribution in [0.25, 0.3) is 0 Å². The number of aryl methyl sites for hydroxylation is 1. The fraction of sp³-hybridized carbons (Fsp3) is 0.208. The second kappa shape index (κ2) is 9.60. The smallest absolute Gasteiger partial charge is 0.328 e. The first-order valence-electron chi connectivity index (χ1n) is 9.31. The topological polar surface area (TPSA) is 47.6 Å². The molecule has 0 saturated carbocycles. The molecule has 0 fully saturated rings. The summed E-state index contributed by atoms with van der Waals surface area (Å²) < 4.78 is 10.8.